The van der Waals surface area contributed by atoms with E-state index < -0.39 is 23.0 Å². The van der Waals surface area contributed by atoms with Gasteiger partial charge in [-0.15, -0.1) is 11.6 Å². The van der Waals surface area contributed by atoms with Crippen LogP contribution in [0.5, 0.6) is 0 Å². The summed E-state index contributed by atoms with van der Waals surface area (Å²) in [5.74, 6) is 4.03. The molecule has 1 aromatic carbocycles. The molecular formula is C9H6Cl3F3N2O. The first kappa shape index (κ1) is 15.4. The minimum absolute atomic E-state index is 0.129. The summed E-state index contributed by atoms with van der Waals surface area (Å²) < 4.78 is 37.4. The van der Waals surface area contributed by atoms with Gasteiger partial charge in [0, 0.05) is 15.6 Å². The predicted octanol–water partition coefficient (Wildman–Crippen LogP) is 3.28. The first-order chi connectivity index (χ1) is 8.18. The van der Waals surface area contributed by atoms with Gasteiger partial charge in [-0.1, -0.05) is 23.2 Å². The second kappa shape index (κ2) is 5.52. The van der Waals surface area contributed by atoms with Crippen LogP contribution in [-0.4, -0.2) is 5.91 Å². The van der Waals surface area contributed by atoms with Crippen molar-refractivity contribution in [2.45, 2.75) is 11.6 Å². The number of alkyl halides is 4. The molecule has 9 heteroatoms. The normalized spacial score (nSPS) is 13.3. The lowest BCUT2D eigenvalue weighted by Crippen LogP contribution is -2.33. The molecule has 0 spiro atoms. The Kier molecular flexibility index (Phi) is 4.72. The van der Waals surface area contributed by atoms with Crippen molar-refractivity contribution in [1.82, 2.24) is 5.43 Å². The Morgan fingerprint density at radius 1 is 1.28 bits per heavy atom. The third-order valence-corrected chi connectivity index (χ3v) is 3.07. The van der Waals surface area contributed by atoms with E-state index in [1.165, 1.54) is 0 Å². The largest absolute Gasteiger partial charge is 0.416 e. The molecular weight excluding hydrogens is 315 g/mol. The fourth-order valence-corrected chi connectivity index (χ4v) is 2.31. The van der Waals surface area contributed by atoms with Crippen LogP contribution in [-0.2, 0) is 11.0 Å². The number of amides is 1. The third-order valence-electron chi connectivity index (χ3n) is 2.03. The monoisotopic (exact) mass is 320 g/mol. The highest BCUT2D eigenvalue weighted by molar-refractivity contribution is 6.40. The van der Waals surface area contributed by atoms with Crippen molar-refractivity contribution in [1.29, 1.82) is 0 Å². The topological polar surface area (TPSA) is 55.1 Å². The lowest BCUT2D eigenvalue weighted by molar-refractivity contribution is -0.137. The molecule has 0 aliphatic rings. The number of carbonyl (C=O) groups excluding carboxylic acids is 1. The summed E-state index contributed by atoms with van der Waals surface area (Å²) in [4.78, 5) is 11.2. The molecule has 0 fully saturated rings. The number of hydrogen-bond donors (Lipinski definition) is 2. The lowest BCUT2D eigenvalue weighted by atomic mass is 10.1. The molecule has 3 nitrogen and oxygen atoms in total. The van der Waals surface area contributed by atoms with E-state index in [1.807, 2.05) is 0 Å². The Morgan fingerprint density at radius 3 is 2.06 bits per heavy atom. The van der Waals surface area contributed by atoms with Crippen LogP contribution in [0.25, 0.3) is 0 Å². The van der Waals surface area contributed by atoms with Gasteiger partial charge in [-0.25, -0.2) is 5.84 Å². The van der Waals surface area contributed by atoms with E-state index in [0.717, 1.165) is 0 Å². The van der Waals surface area contributed by atoms with E-state index in [2.05, 4.69) is 0 Å². The van der Waals surface area contributed by atoms with Gasteiger partial charge in [0.1, 0.15) is 5.38 Å². The molecule has 1 rings (SSSR count). The Bertz CT molecular complexity index is 456. The van der Waals surface area contributed by atoms with Crippen LogP contribution in [0.2, 0.25) is 10.0 Å². The van der Waals surface area contributed by atoms with Crippen LogP contribution in [0.4, 0.5) is 13.2 Å². The Morgan fingerprint density at radius 2 is 1.72 bits per heavy atom. The Balaban J connectivity index is 3.29. The molecule has 0 saturated heterocycles. The van der Waals surface area contributed by atoms with Gasteiger partial charge >= 0.3 is 6.18 Å². The van der Waals surface area contributed by atoms with E-state index >= 15 is 0 Å². The highest BCUT2D eigenvalue weighted by Crippen LogP contribution is 2.39. The number of halogens is 6. The molecule has 0 heterocycles. The molecule has 0 radical (unpaired) electrons. The van der Waals surface area contributed by atoms with Crippen LogP contribution in [0, 0.1) is 0 Å². The summed E-state index contributed by atoms with van der Waals surface area (Å²) in [6.07, 6.45) is -4.59. The highest BCUT2D eigenvalue weighted by atomic mass is 35.5. The quantitative estimate of drug-likeness (QED) is 0.380. The molecule has 1 atom stereocenters. The second-order valence-electron chi connectivity index (χ2n) is 3.22. The van der Waals surface area contributed by atoms with Crippen molar-refractivity contribution in [2.75, 3.05) is 0 Å². The van der Waals surface area contributed by atoms with Crippen LogP contribution in [0.1, 0.15) is 16.5 Å². The van der Waals surface area contributed by atoms with Crippen molar-refractivity contribution in [3.05, 3.63) is 33.3 Å². The molecule has 0 aliphatic heterocycles. The summed E-state index contributed by atoms with van der Waals surface area (Å²) in [6, 6.07) is 1.28. The number of carbonyl (C=O) groups is 1. The number of hydrazine groups is 1. The maximum atomic E-state index is 12.5. The number of nitrogens with one attached hydrogen (secondary N) is 1. The standard InChI is InChI=1S/C9H6Cl3F3N2O/c10-4-1-3(9(13,14)15)2-5(11)6(4)7(12)8(18)17-16/h1-2,7H,16H2,(H,17,18). The zero-order valence-electron chi connectivity index (χ0n) is 8.49. The minimum Gasteiger partial charge on any atom is -0.293 e. The fourth-order valence-electron chi connectivity index (χ4n) is 1.19. The summed E-state index contributed by atoms with van der Waals surface area (Å²) in [5, 5.41) is -2.10. The first-order valence-corrected chi connectivity index (χ1v) is 5.58. The summed E-state index contributed by atoms with van der Waals surface area (Å²) in [5.41, 5.74) is 0.594. The number of benzene rings is 1. The SMILES string of the molecule is NNC(=O)C(Cl)c1c(Cl)cc(C(F)(F)F)cc1Cl. The van der Waals surface area contributed by atoms with Gasteiger partial charge in [0.15, 0.2) is 0 Å². The number of hydrogen-bond acceptors (Lipinski definition) is 2. The van der Waals surface area contributed by atoms with E-state index in [-0.39, 0.29) is 15.6 Å². The van der Waals surface area contributed by atoms with E-state index in [1.54, 1.807) is 5.43 Å². The van der Waals surface area contributed by atoms with Gasteiger partial charge in [0.25, 0.3) is 5.91 Å². The van der Waals surface area contributed by atoms with Gasteiger partial charge in [0.05, 0.1) is 5.56 Å². The van der Waals surface area contributed by atoms with Crippen LogP contribution in [0.3, 0.4) is 0 Å². The smallest absolute Gasteiger partial charge is 0.293 e. The molecule has 3 N–H and O–H groups in total. The van der Waals surface area contributed by atoms with Crippen molar-refractivity contribution >= 4 is 40.7 Å². The maximum Gasteiger partial charge on any atom is 0.416 e. The molecule has 1 amide bonds. The van der Waals surface area contributed by atoms with E-state index in [4.69, 9.17) is 40.6 Å². The van der Waals surface area contributed by atoms with E-state index in [9.17, 15) is 18.0 Å². The molecule has 0 aliphatic carbocycles. The van der Waals surface area contributed by atoms with Gasteiger partial charge < -0.3 is 0 Å². The summed E-state index contributed by atoms with van der Waals surface area (Å²) >= 11 is 17.0. The van der Waals surface area contributed by atoms with Crippen molar-refractivity contribution < 1.29 is 18.0 Å². The zero-order valence-corrected chi connectivity index (χ0v) is 10.8. The van der Waals surface area contributed by atoms with Gasteiger partial charge in [-0.3, -0.25) is 10.2 Å². The average Bonchev–Trinajstić information content (AvgIpc) is 2.25. The predicted molar refractivity (Wildman–Crippen MR) is 62.4 cm³/mol. The number of nitrogens with two attached hydrogens (primary N) is 1. The summed E-state index contributed by atoms with van der Waals surface area (Å²) in [7, 11) is 0. The van der Waals surface area contributed by atoms with Crippen molar-refractivity contribution in [2.24, 2.45) is 5.84 Å². The number of rotatable bonds is 2. The molecule has 0 bridgehead atoms. The molecule has 100 valence electrons. The van der Waals surface area contributed by atoms with Gasteiger partial charge in [0.2, 0.25) is 0 Å². The molecule has 18 heavy (non-hydrogen) atoms. The molecule has 1 unspecified atom stereocenters. The third kappa shape index (κ3) is 3.20. The molecule has 0 aromatic heterocycles. The van der Waals surface area contributed by atoms with E-state index in [0.29, 0.717) is 12.1 Å². The second-order valence-corrected chi connectivity index (χ2v) is 4.47. The van der Waals surface area contributed by atoms with Crippen LogP contribution >= 0.6 is 34.8 Å². The molecule has 0 saturated carbocycles. The summed E-state index contributed by atoms with van der Waals surface area (Å²) in [6.45, 7) is 0. The average molecular weight is 322 g/mol. The first-order valence-electron chi connectivity index (χ1n) is 4.39. The van der Waals surface area contributed by atoms with Crippen LogP contribution in [0.15, 0.2) is 12.1 Å². The Labute approximate surface area is 115 Å². The lowest BCUT2D eigenvalue weighted by Gasteiger charge is -2.15. The minimum atomic E-state index is -4.59. The Hall–Kier alpha value is -0.690. The maximum absolute atomic E-state index is 12.5. The van der Waals surface area contributed by atoms with Crippen molar-refractivity contribution in [3.63, 3.8) is 0 Å². The molecule has 1 aromatic rings. The zero-order chi connectivity index (χ0) is 14.1. The van der Waals surface area contributed by atoms with Crippen LogP contribution < -0.4 is 11.3 Å². The van der Waals surface area contributed by atoms with Gasteiger partial charge in [-0.05, 0) is 12.1 Å². The van der Waals surface area contributed by atoms with Crippen molar-refractivity contribution in [3.8, 4) is 0 Å². The van der Waals surface area contributed by atoms with Gasteiger partial charge in [-0.2, -0.15) is 13.2 Å². The fraction of sp³-hybridized carbons (Fsp3) is 0.222. The highest BCUT2D eigenvalue weighted by Gasteiger charge is 2.33.